The highest BCUT2D eigenvalue weighted by Gasteiger charge is 2.46. The summed E-state index contributed by atoms with van der Waals surface area (Å²) >= 11 is 0. The molecule has 2 rings (SSSR count). The van der Waals surface area contributed by atoms with Crippen molar-refractivity contribution in [3.63, 3.8) is 0 Å². The average Bonchev–Trinajstić information content (AvgIpc) is 2.55. The molecule has 3 unspecified atom stereocenters. The molecule has 0 spiro atoms. The lowest BCUT2D eigenvalue weighted by Crippen LogP contribution is -2.42. The van der Waals surface area contributed by atoms with Crippen LogP contribution in [0.2, 0.25) is 0 Å². The zero-order valence-electron chi connectivity index (χ0n) is 12.5. The van der Waals surface area contributed by atoms with E-state index in [1.54, 1.807) is 0 Å². The van der Waals surface area contributed by atoms with Gasteiger partial charge in [-0.25, -0.2) is 0 Å². The predicted octanol–water partition coefficient (Wildman–Crippen LogP) is 2.60. The largest absolute Gasteiger partial charge is 0.313 e. The Kier molecular flexibility index (Phi) is 3.33. The van der Waals surface area contributed by atoms with Gasteiger partial charge >= 0.3 is 0 Å². The smallest absolute Gasteiger partial charge is 0.0160 e. The van der Waals surface area contributed by atoms with Crippen LogP contribution in [0.5, 0.6) is 0 Å². The van der Waals surface area contributed by atoms with Crippen molar-refractivity contribution < 1.29 is 0 Å². The fourth-order valence-electron chi connectivity index (χ4n) is 3.76. The van der Waals surface area contributed by atoms with Crippen LogP contribution in [0.1, 0.15) is 41.5 Å². The third-order valence-electron chi connectivity index (χ3n) is 4.23. The van der Waals surface area contributed by atoms with E-state index in [1.165, 1.54) is 26.2 Å². The van der Waals surface area contributed by atoms with Crippen LogP contribution in [0, 0.1) is 22.7 Å². The van der Waals surface area contributed by atoms with Gasteiger partial charge in [0.25, 0.3) is 0 Å². The molecule has 0 radical (unpaired) electrons. The molecule has 2 aliphatic heterocycles. The Hall–Kier alpha value is -0.0800. The first-order chi connectivity index (χ1) is 7.67. The standard InChI is InChI=1S/C15H30N2/c1-14(2,3)10-17-8-11-7-16-13(12(11)9-17)15(4,5)6/h11-13,16H,7-10H2,1-6H3. The maximum Gasteiger partial charge on any atom is 0.0160 e. The highest BCUT2D eigenvalue weighted by atomic mass is 15.2. The number of likely N-dealkylation sites (tertiary alicyclic amines) is 1. The van der Waals surface area contributed by atoms with Gasteiger partial charge in [-0.1, -0.05) is 41.5 Å². The van der Waals surface area contributed by atoms with E-state index in [4.69, 9.17) is 0 Å². The summed E-state index contributed by atoms with van der Waals surface area (Å²) in [6.45, 7) is 19.3. The summed E-state index contributed by atoms with van der Waals surface area (Å²) < 4.78 is 0. The van der Waals surface area contributed by atoms with Crippen LogP contribution in [0.3, 0.4) is 0 Å². The van der Waals surface area contributed by atoms with Crippen LogP contribution in [-0.4, -0.2) is 37.1 Å². The van der Waals surface area contributed by atoms with Gasteiger partial charge in [-0.2, -0.15) is 0 Å². The van der Waals surface area contributed by atoms with E-state index in [9.17, 15) is 0 Å². The Morgan fingerprint density at radius 1 is 1.06 bits per heavy atom. The second kappa shape index (κ2) is 4.24. The quantitative estimate of drug-likeness (QED) is 0.755. The number of hydrogen-bond acceptors (Lipinski definition) is 2. The van der Waals surface area contributed by atoms with E-state index in [2.05, 4.69) is 51.8 Å². The van der Waals surface area contributed by atoms with Crippen LogP contribution in [0.25, 0.3) is 0 Å². The molecular formula is C15H30N2. The molecule has 0 amide bonds. The minimum absolute atomic E-state index is 0.400. The summed E-state index contributed by atoms with van der Waals surface area (Å²) in [6.07, 6.45) is 0. The van der Waals surface area contributed by atoms with Crippen LogP contribution in [0.15, 0.2) is 0 Å². The van der Waals surface area contributed by atoms with Gasteiger partial charge in [0.2, 0.25) is 0 Å². The minimum atomic E-state index is 0.400. The molecule has 0 aromatic carbocycles. The Bertz CT molecular complexity index is 272. The Balaban J connectivity index is 1.98. The van der Waals surface area contributed by atoms with Gasteiger partial charge in [0.15, 0.2) is 0 Å². The molecular weight excluding hydrogens is 208 g/mol. The average molecular weight is 238 g/mol. The molecule has 2 aliphatic rings. The highest BCUT2D eigenvalue weighted by molar-refractivity contribution is 5.02. The first-order valence-corrected chi connectivity index (χ1v) is 7.12. The van der Waals surface area contributed by atoms with E-state index >= 15 is 0 Å². The third kappa shape index (κ3) is 3.03. The SMILES string of the molecule is CC(C)(C)CN1CC2CNC(C(C)(C)C)C2C1. The second-order valence-corrected chi connectivity index (χ2v) is 8.43. The fraction of sp³-hybridized carbons (Fsp3) is 1.00. The molecule has 1 N–H and O–H groups in total. The Labute approximate surface area is 107 Å². The lowest BCUT2D eigenvalue weighted by molar-refractivity contribution is 0.187. The molecule has 2 saturated heterocycles. The predicted molar refractivity (Wildman–Crippen MR) is 74.1 cm³/mol. The first-order valence-electron chi connectivity index (χ1n) is 7.12. The number of fused-ring (bicyclic) bond motifs is 1. The van der Waals surface area contributed by atoms with Gasteiger partial charge in [0, 0.05) is 25.7 Å². The van der Waals surface area contributed by atoms with Crippen LogP contribution in [0.4, 0.5) is 0 Å². The van der Waals surface area contributed by atoms with Crippen molar-refractivity contribution in [3.8, 4) is 0 Å². The van der Waals surface area contributed by atoms with Crippen molar-refractivity contribution in [2.24, 2.45) is 22.7 Å². The van der Waals surface area contributed by atoms with E-state index in [0.29, 0.717) is 16.9 Å². The number of hydrogen-bond donors (Lipinski definition) is 1. The minimum Gasteiger partial charge on any atom is -0.313 e. The summed E-state index contributed by atoms with van der Waals surface area (Å²) in [5.74, 6) is 1.76. The van der Waals surface area contributed by atoms with Crippen molar-refractivity contribution >= 4 is 0 Å². The molecule has 100 valence electrons. The molecule has 0 aromatic rings. The molecule has 0 bridgehead atoms. The number of nitrogens with one attached hydrogen (secondary N) is 1. The molecule has 3 atom stereocenters. The van der Waals surface area contributed by atoms with E-state index in [0.717, 1.165) is 11.8 Å². The van der Waals surface area contributed by atoms with E-state index < -0.39 is 0 Å². The molecule has 2 nitrogen and oxygen atoms in total. The van der Waals surface area contributed by atoms with Gasteiger partial charge in [0.1, 0.15) is 0 Å². The van der Waals surface area contributed by atoms with Crippen molar-refractivity contribution in [2.75, 3.05) is 26.2 Å². The maximum absolute atomic E-state index is 3.76. The van der Waals surface area contributed by atoms with Crippen LogP contribution < -0.4 is 5.32 Å². The number of nitrogens with zero attached hydrogens (tertiary/aromatic N) is 1. The lowest BCUT2D eigenvalue weighted by atomic mass is 9.78. The van der Waals surface area contributed by atoms with Crippen molar-refractivity contribution in [2.45, 2.75) is 47.6 Å². The summed E-state index contributed by atoms with van der Waals surface area (Å²) in [5.41, 5.74) is 0.834. The van der Waals surface area contributed by atoms with Gasteiger partial charge in [0.05, 0.1) is 0 Å². The van der Waals surface area contributed by atoms with Crippen molar-refractivity contribution in [3.05, 3.63) is 0 Å². The molecule has 2 heteroatoms. The second-order valence-electron chi connectivity index (χ2n) is 8.43. The molecule has 2 fully saturated rings. The topological polar surface area (TPSA) is 15.3 Å². The van der Waals surface area contributed by atoms with E-state index in [1.807, 2.05) is 0 Å². The molecule has 17 heavy (non-hydrogen) atoms. The molecule has 0 saturated carbocycles. The maximum atomic E-state index is 3.76. The Morgan fingerprint density at radius 2 is 1.71 bits per heavy atom. The summed E-state index contributed by atoms with van der Waals surface area (Å²) in [4.78, 5) is 2.69. The summed E-state index contributed by atoms with van der Waals surface area (Å²) in [5, 5.41) is 3.76. The van der Waals surface area contributed by atoms with E-state index in [-0.39, 0.29) is 0 Å². The van der Waals surface area contributed by atoms with Gasteiger partial charge in [-0.05, 0) is 29.2 Å². The third-order valence-corrected chi connectivity index (χ3v) is 4.23. The van der Waals surface area contributed by atoms with Crippen molar-refractivity contribution in [1.29, 1.82) is 0 Å². The monoisotopic (exact) mass is 238 g/mol. The van der Waals surface area contributed by atoms with Crippen molar-refractivity contribution in [1.82, 2.24) is 10.2 Å². The molecule has 0 aliphatic carbocycles. The molecule has 2 heterocycles. The van der Waals surface area contributed by atoms with Gasteiger partial charge < -0.3 is 10.2 Å². The normalized spacial score (nSPS) is 35.3. The lowest BCUT2D eigenvalue weighted by Gasteiger charge is -2.33. The van der Waals surface area contributed by atoms with Crippen LogP contribution in [-0.2, 0) is 0 Å². The summed E-state index contributed by atoms with van der Waals surface area (Å²) in [6, 6.07) is 0.706. The highest BCUT2D eigenvalue weighted by Crippen LogP contribution is 2.39. The number of rotatable bonds is 1. The fourth-order valence-corrected chi connectivity index (χ4v) is 3.76. The Morgan fingerprint density at radius 3 is 2.24 bits per heavy atom. The zero-order chi connectivity index (χ0) is 12.8. The summed E-state index contributed by atoms with van der Waals surface area (Å²) in [7, 11) is 0. The van der Waals surface area contributed by atoms with Gasteiger partial charge in [-0.15, -0.1) is 0 Å². The van der Waals surface area contributed by atoms with Crippen LogP contribution >= 0.6 is 0 Å². The first kappa shape index (κ1) is 13.4. The van der Waals surface area contributed by atoms with Gasteiger partial charge in [-0.3, -0.25) is 0 Å². The molecule has 0 aromatic heterocycles. The zero-order valence-corrected chi connectivity index (χ0v) is 12.5.